The van der Waals surface area contributed by atoms with Gasteiger partial charge in [-0.15, -0.1) is 0 Å². The Morgan fingerprint density at radius 2 is 1.38 bits per heavy atom. The van der Waals surface area contributed by atoms with Crippen molar-refractivity contribution in [1.29, 1.82) is 0 Å². The summed E-state index contributed by atoms with van der Waals surface area (Å²) in [6, 6.07) is 0. The standard InChI is InChI=1S/C22H42BN/c1-8-21(6,14-9-11-18(2)3)19(4)12-10-15-22(7,17-24)20(5)13-16-23/h11-13H,8-10,14-17,23-24H2,1-7H3/b19-12+,20-13+. The molecule has 0 saturated carbocycles. The van der Waals surface area contributed by atoms with Crippen LogP contribution in [0.15, 0.2) is 34.9 Å². The lowest BCUT2D eigenvalue weighted by Gasteiger charge is -2.31. The van der Waals surface area contributed by atoms with Crippen molar-refractivity contribution >= 4 is 7.85 Å². The van der Waals surface area contributed by atoms with E-state index in [1.54, 1.807) is 5.57 Å². The number of allylic oxidation sites excluding steroid dienone is 5. The third kappa shape index (κ3) is 7.42. The van der Waals surface area contributed by atoms with E-state index in [0.29, 0.717) is 5.41 Å². The molecule has 0 aromatic carbocycles. The Kier molecular flexibility index (Phi) is 10.6. The number of hydrogen-bond donors (Lipinski definition) is 1. The van der Waals surface area contributed by atoms with Gasteiger partial charge in [0.05, 0.1) is 0 Å². The lowest BCUT2D eigenvalue weighted by molar-refractivity contribution is 0.347. The molecule has 1 nitrogen and oxygen atoms in total. The van der Waals surface area contributed by atoms with Gasteiger partial charge in [-0.1, -0.05) is 62.0 Å². The van der Waals surface area contributed by atoms with Gasteiger partial charge in [-0.2, -0.15) is 0 Å². The van der Waals surface area contributed by atoms with Crippen molar-refractivity contribution < 1.29 is 0 Å². The Labute approximate surface area is 153 Å². The maximum absolute atomic E-state index is 6.09. The van der Waals surface area contributed by atoms with Gasteiger partial charge in [0.15, 0.2) is 0 Å². The van der Waals surface area contributed by atoms with Crippen molar-refractivity contribution in [1.82, 2.24) is 0 Å². The van der Waals surface area contributed by atoms with Crippen LogP contribution in [0.25, 0.3) is 0 Å². The van der Waals surface area contributed by atoms with Crippen LogP contribution in [0.3, 0.4) is 0 Å². The highest BCUT2D eigenvalue weighted by atomic mass is 14.6. The summed E-state index contributed by atoms with van der Waals surface area (Å²) in [5.41, 5.74) is 11.0. The molecule has 2 N–H and O–H groups in total. The lowest BCUT2D eigenvalue weighted by Crippen LogP contribution is -2.28. The molecule has 0 spiro atoms. The van der Waals surface area contributed by atoms with Gasteiger partial charge < -0.3 is 5.73 Å². The van der Waals surface area contributed by atoms with Crippen LogP contribution in [-0.2, 0) is 0 Å². The first-order chi connectivity index (χ1) is 11.1. The quantitative estimate of drug-likeness (QED) is 0.374. The molecule has 138 valence electrons. The van der Waals surface area contributed by atoms with Gasteiger partial charge in [0, 0.05) is 12.0 Å². The van der Waals surface area contributed by atoms with Crippen LogP contribution in [-0.4, -0.2) is 14.4 Å². The molecule has 0 rings (SSSR count). The molecular weight excluding hydrogens is 289 g/mol. The van der Waals surface area contributed by atoms with Gasteiger partial charge in [0.25, 0.3) is 0 Å². The summed E-state index contributed by atoms with van der Waals surface area (Å²) in [4.78, 5) is 0. The molecule has 0 radical (unpaired) electrons. The highest BCUT2D eigenvalue weighted by Gasteiger charge is 2.25. The Morgan fingerprint density at radius 1 is 0.875 bits per heavy atom. The second kappa shape index (κ2) is 11.0. The number of nitrogens with two attached hydrogens (primary N) is 1. The van der Waals surface area contributed by atoms with Crippen LogP contribution in [0, 0.1) is 10.8 Å². The zero-order valence-corrected chi connectivity index (χ0v) is 17.8. The summed E-state index contributed by atoms with van der Waals surface area (Å²) >= 11 is 0. The summed E-state index contributed by atoms with van der Waals surface area (Å²) in [6.45, 7) is 16.7. The minimum atomic E-state index is 0.136. The molecule has 0 amide bonds. The van der Waals surface area contributed by atoms with Crippen molar-refractivity contribution in [3.63, 3.8) is 0 Å². The molecule has 0 bridgehead atoms. The second-order valence-electron chi connectivity index (χ2n) is 8.22. The van der Waals surface area contributed by atoms with E-state index in [9.17, 15) is 0 Å². The summed E-state index contributed by atoms with van der Waals surface area (Å²) in [6.07, 6.45) is 14.1. The minimum absolute atomic E-state index is 0.136. The molecule has 0 aromatic heterocycles. The Morgan fingerprint density at radius 3 is 1.83 bits per heavy atom. The normalized spacial score (nSPS) is 18.0. The van der Waals surface area contributed by atoms with Crippen molar-refractivity contribution in [2.24, 2.45) is 16.6 Å². The van der Waals surface area contributed by atoms with Gasteiger partial charge in [0.2, 0.25) is 0 Å². The topological polar surface area (TPSA) is 26.0 Å². The molecule has 0 fully saturated rings. The molecule has 0 aliphatic carbocycles. The van der Waals surface area contributed by atoms with Gasteiger partial charge in [-0.05, 0) is 65.2 Å². The summed E-state index contributed by atoms with van der Waals surface area (Å²) in [7, 11) is 2.20. The Bertz CT molecular complexity index is 457. The van der Waals surface area contributed by atoms with Crippen LogP contribution < -0.4 is 5.73 Å². The van der Waals surface area contributed by atoms with E-state index >= 15 is 0 Å². The fraction of sp³-hybridized carbons (Fsp3) is 0.727. The van der Waals surface area contributed by atoms with Crippen molar-refractivity contribution in [3.8, 4) is 0 Å². The monoisotopic (exact) mass is 331 g/mol. The maximum Gasteiger partial charge on any atom is 0.106 e. The van der Waals surface area contributed by atoms with Crippen molar-refractivity contribution in [3.05, 3.63) is 34.9 Å². The van der Waals surface area contributed by atoms with Crippen LogP contribution in [0.1, 0.15) is 80.6 Å². The van der Waals surface area contributed by atoms with E-state index < -0.39 is 0 Å². The van der Waals surface area contributed by atoms with Crippen LogP contribution in [0.2, 0.25) is 6.32 Å². The molecule has 0 aliphatic rings. The maximum atomic E-state index is 6.09. The third-order valence-corrected chi connectivity index (χ3v) is 6.04. The SMILES string of the molecule is BC/C=C(\C)C(C)(CN)CC/C=C(\C)C(C)(CC)CCC=C(C)C. The molecule has 24 heavy (non-hydrogen) atoms. The molecular formula is C22H42BN. The van der Waals surface area contributed by atoms with E-state index in [2.05, 4.69) is 74.5 Å². The van der Waals surface area contributed by atoms with Crippen molar-refractivity contribution in [2.45, 2.75) is 86.9 Å². The number of rotatable bonds is 11. The average molecular weight is 331 g/mol. The highest BCUT2D eigenvalue weighted by Crippen LogP contribution is 2.37. The first-order valence-corrected chi connectivity index (χ1v) is 9.83. The molecule has 2 heteroatoms. The molecule has 0 aromatic rings. The first-order valence-electron chi connectivity index (χ1n) is 9.83. The smallest absolute Gasteiger partial charge is 0.106 e. The van der Waals surface area contributed by atoms with Gasteiger partial charge >= 0.3 is 0 Å². The van der Waals surface area contributed by atoms with Gasteiger partial charge in [-0.25, -0.2) is 0 Å². The predicted octanol–water partition coefficient (Wildman–Crippen LogP) is 5.84. The fourth-order valence-electron chi connectivity index (χ4n) is 3.20. The van der Waals surface area contributed by atoms with Crippen LogP contribution in [0.5, 0.6) is 0 Å². The third-order valence-electron chi connectivity index (χ3n) is 6.04. The molecule has 2 unspecified atom stereocenters. The summed E-state index contributed by atoms with van der Waals surface area (Å²) in [5.74, 6) is 0. The van der Waals surface area contributed by atoms with E-state index in [4.69, 9.17) is 5.73 Å². The Hall–Kier alpha value is -0.755. The predicted molar refractivity (Wildman–Crippen MR) is 114 cm³/mol. The highest BCUT2D eigenvalue weighted by molar-refractivity contribution is 6.09. The molecule has 0 aliphatic heterocycles. The largest absolute Gasteiger partial charge is 0.330 e. The lowest BCUT2D eigenvalue weighted by atomic mass is 9.74. The first kappa shape index (κ1) is 23.2. The van der Waals surface area contributed by atoms with Crippen molar-refractivity contribution in [2.75, 3.05) is 6.54 Å². The van der Waals surface area contributed by atoms with E-state index in [1.807, 2.05) is 0 Å². The summed E-state index contributed by atoms with van der Waals surface area (Å²) < 4.78 is 0. The van der Waals surface area contributed by atoms with Crippen LogP contribution in [0.4, 0.5) is 0 Å². The Balaban J connectivity index is 4.92. The minimum Gasteiger partial charge on any atom is -0.330 e. The van der Waals surface area contributed by atoms with E-state index in [1.165, 1.54) is 30.4 Å². The molecule has 2 atom stereocenters. The average Bonchev–Trinajstić information content (AvgIpc) is 2.54. The zero-order valence-electron chi connectivity index (χ0n) is 17.8. The van der Waals surface area contributed by atoms with E-state index in [0.717, 1.165) is 25.7 Å². The van der Waals surface area contributed by atoms with Crippen LogP contribution >= 0.6 is 0 Å². The number of hydrogen-bond acceptors (Lipinski definition) is 1. The summed E-state index contributed by atoms with van der Waals surface area (Å²) in [5, 5.41) is 0. The zero-order chi connectivity index (χ0) is 18.8. The van der Waals surface area contributed by atoms with Gasteiger partial charge in [-0.3, -0.25) is 0 Å². The van der Waals surface area contributed by atoms with E-state index in [-0.39, 0.29) is 5.41 Å². The van der Waals surface area contributed by atoms with Gasteiger partial charge in [0.1, 0.15) is 7.85 Å². The molecule has 0 heterocycles. The fourth-order valence-corrected chi connectivity index (χ4v) is 3.20. The molecule has 0 saturated heterocycles. The second-order valence-corrected chi connectivity index (χ2v) is 8.22.